The van der Waals surface area contributed by atoms with Gasteiger partial charge in [0.25, 0.3) is 0 Å². The zero-order valence-electron chi connectivity index (χ0n) is 6.69. The Bertz CT molecular complexity index is 331. The van der Waals surface area contributed by atoms with Crippen LogP contribution in [0.1, 0.15) is 5.56 Å². The van der Waals surface area contributed by atoms with Crippen LogP contribution < -0.4 is 0 Å². The molecular formula is C6H3ClF4N2S. The van der Waals surface area contributed by atoms with Gasteiger partial charge >= 0.3 is 6.18 Å². The van der Waals surface area contributed by atoms with Crippen LogP contribution in [0, 0.1) is 5.95 Å². The highest BCUT2D eigenvalue weighted by atomic mass is 35.5. The highest BCUT2D eigenvalue weighted by Crippen LogP contribution is 2.35. The molecule has 1 aromatic rings. The molecule has 0 aliphatic heterocycles. The van der Waals surface area contributed by atoms with E-state index in [4.69, 9.17) is 11.6 Å². The molecule has 8 heteroatoms. The van der Waals surface area contributed by atoms with E-state index in [1.165, 1.54) is 6.26 Å². The van der Waals surface area contributed by atoms with Gasteiger partial charge in [-0.15, -0.1) is 0 Å². The molecule has 0 radical (unpaired) electrons. The predicted molar refractivity (Wildman–Crippen MR) is 43.8 cm³/mol. The lowest BCUT2D eigenvalue weighted by Crippen LogP contribution is -2.12. The van der Waals surface area contributed by atoms with Gasteiger partial charge in [0.15, 0.2) is 5.16 Å². The summed E-state index contributed by atoms with van der Waals surface area (Å²) in [5.74, 6) is -1.65. The first-order valence-corrected chi connectivity index (χ1v) is 4.80. The molecule has 78 valence electrons. The van der Waals surface area contributed by atoms with Gasteiger partial charge in [-0.2, -0.15) is 22.5 Å². The number of thioether (sulfide) groups is 1. The van der Waals surface area contributed by atoms with Crippen molar-refractivity contribution in [2.24, 2.45) is 0 Å². The van der Waals surface area contributed by atoms with E-state index < -0.39 is 22.8 Å². The number of alkyl halides is 3. The minimum atomic E-state index is -4.88. The van der Waals surface area contributed by atoms with Gasteiger partial charge in [0.05, 0.1) is 0 Å². The van der Waals surface area contributed by atoms with Crippen molar-refractivity contribution in [3.63, 3.8) is 0 Å². The van der Waals surface area contributed by atoms with E-state index in [-0.39, 0.29) is 5.16 Å². The molecule has 0 unspecified atom stereocenters. The molecule has 0 aromatic carbocycles. The van der Waals surface area contributed by atoms with E-state index in [0.717, 1.165) is 11.8 Å². The van der Waals surface area contributed by atoms with E-state index in [9.17, 15) is 17.6 Å². The first-order chi connectivity index (χ1) is 6.36. The van der Waals surface area contributed by atoms with Gasteiger partial charge in [-0.3, -0.25) is 0 Å². The third-order valence-electron chi connectivity index (χ3n) is 1.27. The quantitative estimate of drug-likeness (QED) is 0.330. The molecule has 0 saturated carbocycles. The molecule has 0 spiro atoms. The fourth-order valence-corrected chi connectivity index (χ4v) is 1.38. The van der Waals surface area contributed by atoms with E-state index in [1.54, 1.807) is 0 Å². The van der Waals surface area contributed by atoms with E-state index in [1.807, 2.05) is 0 Å². The molecule has 0 amide bonds. The fourth-order valence-electron chi connectivity index (χ4n) is 0.715. The van der Waals surface area contributed by atoms with E-state index in [0.29, 0.717) is 0 Å². The Morgan fingerprint density at radius 2 is 1.86 bits per heavy atom. The molecule has 0 aliphatic rings. The number of rotatable bonds is 1. The third kappa shape index (κ3) is 2.27. The summed E-state index contributed by atoms with van der Waals surface area (Å²) in [4.78, 5) is 6.28. The predicted octanol–water partition coefficient (Wildman–Crippen LogP) is 3.01. The minimum Gasteiger partial charge on any atom is -0.210 e. The number of hydrogen-bond acceptors (Lipinski definition) is 3. The Morgan fingerprint density at radius 3 is 2.21 bits per heavy atom. The maximum absolute atomic E-state index is 12.8. The Morgan fingerprint density at radius 1 is 1.29 bits per heavy atom. The molecule has 0 atom stereocenters. The Hall–Kier alpha value is -0.560. The molecule has 0 N–H and O–H groups in total. The average molecular weight is 247 g/mol. The number of hydrogen-bond donors (Lipinski definition) is 0. The van der Waals surface area contributed by atoms with Crippen LogP contribution in [0.5, 0.6) is 0 Å². The number of halogens is 5. The van der Waals surface area contributed by atoms with Crippen LogP contribution in [-0.4, -0.2) is 16.2 Å². The molecule has 0 bridgehead atoms. The summed E-state index contributed by atoms with van der Waals surface area (Å²) >= 11 is 6.08. The van der Waals surface area contributed by atoms with Gasteiger partial charge in [0, 0.05) is 0 Å². The van der Waals surface area contributed by atoms with Gasteiger partial charge in [-0.05, 0) is 6.26 Å². The zero-order valence-corrected chi connectivity index (χ0v) is 8.26. The first-order valence-electron chi connectivity index (χ1n) is 3.20. The van der Waals surface area contributed by atoms with Crippen LogP contribution in [0.4, 0.5) is 17.6 Å². The molecule has 1 rings (SSSR count). The van der Waals surface area contributed by atoms with Gasteiger partial charge in [0.1, 0.15) is 10.7 Å². The summed E-state index contributed by atoms with van der Waals surface area (Å²) < 4.78 is 49.2. The smallest absolute Gasteiger partial charge is 0.210 e. The van der Waals surface area contributed by atoms with Crippen LogP contribution in [0.15, 0.2) is 5.16 Å². The molecular weight excluding hydrogens is 244 g/mol. The van der Waals surface area contributed by atoms with Crippen molar-refractivity contribution in [2.45, 2.75) is 11.3 Å². The molecule has 0 saturated heterocycles. The summed E-state index contributed by atoms with van der Waals surface area (Å²) in [7, 11) is 0. The third-order valence-corrected chi connectivity index (χ3v) is 2.09. The van der Waals surface area contributed by atoms with Crippen molar-refractivity contribution in [3.8, 4) is 0 Å². The summed E-state index contributed by atoms with van der Waals surface area (Å²) in [6.45, 7) is 0. The van der Waals surface area contributed by atoms with Gasteiger partial charge < -0.3 is 0 Å². The van der Waals surface area contributed by atoms with E-state index in [2.05, 4.69) is 9.97 Å². The lowest BCUT2D eigenvalue weighted by atomic mass is 10.3. The van der Waals surface area contributed by atoms with Crippen molar-refractivity contribution >= 4 is 23.4 Å². The second-order valence-electron chi connectivity index (χ2n) is 2.16. The van der Waals surface area contributed by atoms with Gasteiger partial charge in [0.2, 0.25) is 5.95 Å². The highest BCUT2D eigenvalue weighted by molar-refractivity contribution is 7.98. The largest absolute Gasteiger partial charge is 0.423 e. The van der Waals surface area contributed by atoms with Gasteiger partial charge in [-0.1, -0.05) is 23.4 Å². The SMILES string of the molecule is CSc1nc(F)c(C(F)(F)F)c(Cl)n1. The molecule has 1 aromatic heterocycles. The summed E-state index contributed by atoms with van der Waals surface area (Å²) in [5, 5.41) is -1.06. The molecule has 14 heavy (non-hydrogen) atoms. The second kappa shape index (κ2) is 3.90. The van der Waals surface area contributed by atoms with Crippen molar-refractivity contribution in [1.82, 2.24) is 9.97 Å². The van der Waals surface area contributed by atoms with E-state index >= 15 is 0 Å². The normalized spacial score (nSPS) is 11.9. The number of nitrogens with zero attached hydrogens (tertiary/aromatic N) is 2. The monoisotopic (exact) mass is 246 g/mol. The molecule has 0 aliphatic carbocycles. The van der Waals surface area contributed by atoms with Crippen molar-refractivity contribution in [3.05, 3.63) is 16.7 Å². The first kappa shape index (κ1) is 11.5. The van der Waals surface area contributed by atoms with Crippen molar-refractivity contribution in [1.29, 1.82) is 0 Å². The minimum absolute atomic E-state index is 0.138. The maximum Gasteiger partial charge on any atom is 0.423 e. The lowest BCUT2D eigenvalue weighted by molar-refractivity contribution is -0.140. The summed E-state index contributed by atoms with van der Waals surface area (Å²) in [6.07, 6.45) is -3.38. The van der Waals surface area contributed by atoms with Crippen molar-refractivity contribution < 1.29 is 17.6 Å². The standard InChI is InChI=1S/C6H3ClF4N2S/c1-14-5-12-3(7)2(4(8)13-5)6(9,10)11/h1H3. The van der Waals surface area contributed by atoms with Crippen LogP contribution >= 0.6 is 23.4 Å². The summed E-state index contributed by atoms with van der Waals surface area (Å²) in [6, 6.07) is 0. The average Bonchev–Trinajstić information content (AvgIpc) is 1.99. The number of aromatic nitrogens is 2. The van der Waals surface area contributed by atoms with Crippen LogP contribution in [0.3, 0.4) is 0 Å². The van der Waals surface area contributed by atoms with Gasteiger partial charge in [-0.25, -0.2) is 4.98 Å². The van der Waals surface area contributed by atoms with Crippen LogP contribution in [-0.2, 0) is 6.18 Å². The topological polar surface area (TPSA) is 25.8 Å². The Balaban J connectivity index is 3.33. The highest BCUT2D eigenvalue weighted by Gasteiger charge is 2.38. The lowest BCUT2D eigenvalue weighted by Gasteiger charge is -2.08. The Labute approximate surface area is 85.7 Å². The molecule has 0 fully saturated rings. The second-order valence-corrected chi connectivity index (χ2v) is 3.30. The maximum atomic E-state index is 12.8. The molecule has 1 heterocycles. The summed E-state index contributed by atoms with van der Waals surface area (Å²) in [5.41, 5.74) is -1.63. The van der Waals surface area contributed by atoms with Crippen LogP contribution in [0.25, 0.3) is 0 Å². The fraction of sp³-hybridized carbons (Fsp3) is 0.333. The van der Waals surface area contributed by atoms with Crippen molar-refractivity contribution in [2.75, 3.05) is 6.26 Å². The zero-order chi connectivity index (χ0) is 10.9. The molecule has 2 nitrogen and oxygen atoms in total. The Kier molecular flexibility index (Phi) is 3.20. The van der Waals surface area contributed by atoms with Crippen LogP contribution in [0.2, 0.25) is 5.15 Å².